The number of pyridine rings is 1. The number of likely N-dealkylation sites (N-methyl/N-ethyl adjacent to an activating group) is 1. The van der Waals surface area contributed by atoms with E-state index >= 15 is 0 Å². The van der Waals surface area contributed by atoms with Crippen molar-refractivity contribution in [2.75, 3.05) is 26.8 Å². The first-order valence-electron chi connectivity index (χ1n) is 18.4. The number of carbonyl (C=O) groups excluding carboxylic acids is 7. The molecule has 1 aliphatic rings. The lowest BCUT2D eigenvalue weighted by molar-refractivity contribution is -0.141. The van der Waals surface area contributed by atoms with Gasteiger partial charge in [-0.05, 0) is 40.8 Å². The second-order valence-electron chi connectivity index (χ2n) is 13.9. The average Bonchev–Trinajstić information content (AvgIpc) is 3.17. The molecule has 0 aliphatic carbocycles. The van der Waals surface area contributed by atoms with Gasteiger partial charge in [0.1, 0.15) is 23.7 Å². The molecule has 1 fully saturated rings. The lowest BCUT2D eigenvalue weighted by Gasteiger charge is -2.37. The van der Waals surface area contributed by atoms with E-state index in [-0.39, 0.29) is 38.9 Å². The predicted molar refractivity (Wildman–Crippen MR) is 204 cm³/mol. The van der Waals surface area contributed by atoms with Crippen molar-refractivity contribution in [1.82, 2.24) is 31.2 Å². The summed E-state index contributed by atoms with van der Waals surface area (Å²) in [6, 6.07) is 12.4. The van der Waals surface area contributed by atoms with E-state index in [0.717, 1.165) is 21.2 Å². The van der Waals surface area contributed by atoms with Crippen molar-refractivity contribution < 1.29 is 48.2 Å². The highest BCUT2D eigenvalue weighted by molar-refractivity contribution is 5.98. The first kappa shape index (κ1) is 43.3. The van der Waals surface area contributed by atoms with Crippen molar-refractivity contribution in [2.45, 2.75) is 75.0 Å². The number of nitrogens with two attached hydrogens (primary N) is 2. The Morgan fingerprint density at radius 3 is 2.16 bits per heavy atom. The molecule has 7 amide bonds. The molecular weight excluding hydrogens is 740 g/mol. The third-order valence-corrected chi connectivity index (χ3v) is 9.47. The Morgan fingerprint density at radius 2 is 1.51 bits per heavy atom. The molecule has 2 aromatic carbocycles. The Bertz CT molecular complexity index is 1950. The molecule has 1 aromatic heterocycles. The number of aliphatic carboxylic acids is 1. The van der Waals surface area contributed by atoms with Gasteiger partial charge in [0.05, 0.1) is 13.0 Å². The highest BCUT2D eigenvalue weighted by Crippen LogP contribution is 2.23. The molecule has 2 heterocycles. The number of primary amides is 2. The number of fused-ring (bicyclic) bond motifs is 1. The van der Waals surface area contributed by atoms with E-state index < -0.39 is 96.8 Å². The third-order valence-electron chi connectivity index (χ3n) is 9.47. The van der Waals surface area contributed by atoms with Crippen LogP contribution in [-0.2, 0) is 55.9 Å². The summed E-state index contributed by atoms with van der Waals surface area (Å²) in [4.78, 5) is 108. The molecule has 1 aliphatic heterocycles. The van der Waals surface area contributed by atoms with Crippen molar-refractivity contribution in [3.05, 3.63) is 78.1 Å². The number of amides is 7. The Hall–Kier alpha value is -6.43. The number of benzene rings is 2. The molecule has 0 spiro atoms. The number of ether oxygens (including phenoxy) is 1. The minimum atomic E-state index is -1.68. The Labute approximate surface area is 328 Å². The first-order valence-corrected chi connectivity index (χ1v) is 18.4. The van der Waals surface area contributed by atoms with Crippen LogP contribution < -0.4 is 32.7 Å². The number of nitrogens with zero attached hydrogens (tertiary/aromatic N) is 2. The van der Waals surface area contributed by atoms with Crippen LogP contribution >= 0.6 is 0 Å². The van der Waals surface area contributed by atoms with E-state index in [1.807, 2.05) is 42.5 Å². The number of rotatable bonds is 20. The maximum absolute atomic E-state index is 14.0. The molecule has 0 bridgehead atoms. The van der Waals surface area contributed by atoms with Gasteiger partial charge >= 0.3 is 5.97 Å². The summed E-state index contributed by atoms with van der Waals surface area (Å²) in [5.41, 5.74) is 10.6. The summed E-state index contributed by atoms with van der Waals surface area (Å²) in [6.45, 7) is -0.249. The molecule has 3 aromatic rings. The normalized spacial score (nSPS) is 14.9. The van der Waals surface area contributed by atoms with Crippen LogP contribution in [0.5, 0.6) is 0 Å². The van der Waals surface area contributed by atoms with Crippen LogP contribution in [0.2, 0.25) is 0 Å². The molecule has 4 rings (SSSR count). The van der Waals surface area contributed by atoms with Crippen LogP contribution in [0.1, 0.15) is 49.7 Å². The Balaban J connectivity index is 1.50. The molecule has 57 heavy (non-hydrogen) atoms. The van der Waals surface area contributed by atoms with Gasteiger partial charge in [-0.15, -0.1) is 0 Å². The van der Waals surface area contributed by atoms with E-state index in [0.29, 0.717) is 12.0 Å². The number of hydrogen-bond acceptors (Lipinski definition) is 10. The molecular formula is C39H48N8O10. The van der Waals surface area contributed by atoms with Gasteiger partial charge < -0.3 is 47.5 Å². The van der Waals surface area contributed by atoms with Crippen molar-refractivity contribution in [1.29, 1.82) is 0 Å². The second kappa shape index (κ2) is 20.5. The Morgan fingerprint density at radius 1 is 0.825 bits per heavy atom. The smallest absolute Gasteiger partial charge is 0.303 e. The zero-order valence-corrected chi connectivity index (χ0v) is 31.5. The SMILES string of the molecule is CN(CC(N)=O)C(=O)[C@H](Cc1cccnc1)NC(=O)[C@H](CC(N)=O)NC(=O)[C@H](CCC(=O)O)NC(=O)C1(NC(=O)CCc2ccc3ccccc3c2)CCOCC1. The number of aryl methyl sites for hydroxylation is 1. The van der Waals surface area contributed by atoms with Gasteiger partial charge in [-0.3, -0.25) is 43.3 Å². The zero-order valence-electron chi connectivity index (χ0n) is 31.5. The van der Waals surface area contributed by atoms with Crippen molar-refractivity contribution in [3.63, 3.8) is 0 Å². The fourth-order valence-corrected chi connectivity index (χ4v) is 6.43. The van der Waals surface area contributed by atoms with Crippen LogP contribution in [0.15, 0.2) is 67.0 Å². The average molecular weight is 789 g/mol. The lowest BCUT2D eigenvalue weighted by Crippen LogP contribution is -2.64. The molecule has 0 unspecified atom stereocenters. The number of carbonyl (C=O) groups is 8. The molecule has 9 N–H and O–H groups in total. The van der Waals surface area contributed by atoms with Crippen LogP contribution in [0.4, 0.5) is 0 Å². The molecule has 304 valence electrons. The number of carboxylic acid groups (broad SMARTS) is 1. The van der Waals surface area contributed by atoms with Gasteiger partial charge in [-0.1, -0.05) is 48.5 Å². The van der Waals surface area contributed by atoms with Crippen molar-refractivity contribution >= 4 is 58.1 Å². The summed E-state index contributed by atoms with van der Waals surface area (Å²) in [5, 5.41) is 21.8. The minimum absolute atomic E-state index is 0.0453. The van der Waals surface area contributed by atoms with E-state index in [9.17, 15) is 43.5 Å². The van der Waals surface area contributed by atoms with Crippen molar-refractivity contribution in [2.24, 2.45) is 11.5 Å². The van der Waals surface area contributed by atoms with E-state index in [4.69, 9.17) is 16.2 Å². The van der Waals surface area contributed by atoms with Crippen LogP contribution in [0, 0.1) is 0 Å². The summed E-state index contributed by atoms with van der Waals surface area (Å²) < 4.78 is 5.46. The lowest BCUT2D eigenvalue weighted by atomic mass is 9.88. The van der Waals surface area contributed by atoms with Gasteiger partial charge in [0, 0.05) is 64.8 Å². The summed E-state index contributed by atoms with van der Waals surface area (Å²) in [7, 11) is 1.30. The Kier molecular flexibility index (Phi) is 15.6. The molecule has 18 heteroatoms. The maximum atomic E-state index is 14.0. The third kappa shape index (κ3) is 13.1. The van der Waals surface area contributed by atoms with Crippen LogP contribution in [-0.4, -0.2) is 113 Å². The quantitative estimate of drug-likeness (QED) is 0.0745. The van der Waals surface area contributed by atoms with Gasteiger partial charge in [0.15, 0.2) is 0 Å². The molecule has 0 saturated carbocycles. The summed E-state index contributed by atoms with van der Waals surface area (Å²) in [5.74, 6) is -7.07. The topological polar surface area (TPSA) is 282 Å². The van der Waals surface area contributed by atoms with Gasteiger partial charge in [-0.25, -0.2) is 0 Å². The molecule has 18 nitrogen and oxygen atoms in total. The zero-order chi connectivity index (χ0) is 41.5. The van der Waals surface area contributed by atoms with E-state index in [1.54, 1.807) is 12.1 Å². The largest absolute Gasteiger partial charge is 0.481 e. The number of hydrogen-bond donors (Lipinski definition) is 7. The predicted octanol–water partition coefficient (Wildman–Crippen LogP) is -0.786. The highest BCUT2D eigenvalue weighted by Gasteiger charge is 2.43. The summed E-state index contributed by atoms with van der Waals surface area (Å²) in [6.07, 6.45) is 1.64. The first-order chi connectivity index (χ1) is 27.2. The fourth-order valence-electron chi connectivity index (χ4n) is 6.43. The number of nitrogens with one attached hydrogen (secondary N) is 4. The minimum Gasteiger partial charge on any atom is -0.481 e. The van der Waals surface area contributed by atoms with Gasteiger partial charge in [-0.2, -0.15) is 0 Å². The second-order valence-corrected chi connectivity index (χ2v) is 13.9. The molecule has 1 saturated heterocycles. The monoisotopic (exact) mass is 788 g/mol. The standard InChI is InChI=1S/C39H48N8O10/c1-47(23-32(41)49)37(55)30(20-25-5-4-16-42-22-25)44-36(54)29(21-31(40)48)43-35(53)28(11-13-34(51)52)45-38(56)39(14-17-57-18-15-39)46-33(50)12-9-24-8-10-26-6-2-3-7-27(26)19-24/h2-8,10,16,19,22,28-30H,9,11-15,17-18,20-21,23H2,1H3,(H2,40,48)(H2,41,49)(H,43,53)(H,44,54)(H,45,56)(H,46,50)(H,51,52)/t28-,29-,30-/m0/s1. The van der Waals surface area contributed by atoms with Gasteiger partial charge in [0.2, 0.25) is 41.4 Å². The number of aromatic nitrogens is 1. The van der Waals surface area contributed by atoms with Crippen LogP contribution in [0.25, 0.3) is 10.8 Å². The van der Waals surface area contributed by atoms with Crippen LogP contribution in [0.3, 0.4) is 0 Å². The fraction of sp³-hybridized carbons (Fsp3) is 0.410. The van der Waals surface area contributed by atoms with Gasteiger partial charge in [0.25, 0.3) is 0 Å². The van der Waals surface area contributed by atoms with E-state index in [2.05, 4.69) is 26.3 Å². The van der Waals surface area contributed by atoms with E-state index in [1.165, 1.54) is 19.4 Å². The maximum Gasteiger partial charge on any atom is 0.303 e. The molecule has 3 atom stereocenters. The van der Waals surface area contributed by atoms with Crippen molar-refractivity contribution in [3.8, 4) is 0 Å². The summed E-state index contributed by atoms with van der Waals surface area (Å²) >= 11 is 0. The number of carboxylic acids is 1. The molecule has 0 radical (unpaired) electrons. The highest BCUT2D eigenvalue weighted by atomic mass is 16.5.